The number of hydrogen-bond donors (Lipinski definition) is 1. The van der Waals surface area contributed by atoms with Crippen LogP contribution >= 0.6 is 0 Å². The number of halogens is 2. The van der Waals surface area contributed by atoms with Crippen LogP contribution in [0, 0.1) is 5.92 Å². The summed E-state index contributed by atoms with van der Waals surface area (Å²) in [4.78, 5) is 0. The van der Waals surface area contributed by atoms with Gasteiger partial charge in [-0.1, -0.05) is 0 Å². The van der Waals surface area contributed by atoms with E-state index >= 15 is 0 Å². The van der Waals surface area contributed by atoms with Gasteiger partial charge in [0.2, 0.25) is 5.92 Å². The molecule has 0 heterocycles. The van der Waals surface area contributed by atoms with Crippen LogP contribution in [0.5, 0.6) is 0 Å². The third-order valence-electron chi connectivity index (χ3n) is 2.19. The lowest BCUT2D eigenvalue weighted by atomic mass is 10.0. The van der Waals surface area contributed by atoms with Gasteiger partial charge in [0.05, 0.1) is 0 Å². The summed E-state index contributed by atoms with van der Waals surface area (Å²) >= 11 is 0. The molecule has 1 nitrogen and oxygen atoms in total. The van der Waals surface area contributed by atoms with Gasteiger partial charge in [0.15, 0.2) is 0 Å². The molecule has 0 aromatic rings. The fraction of sp³-hybridized carbons (Fsp3) is 1.00. The molecule has 0 aliphatic heterocycles. The molecule has 60 valence electrons. The lowest BCUT2D eigenvalue weighted by Gasteiger charge is -2.13. The summed E-state index contributed by atoms with van der Waals surface area (Å²) in [6.45, 7) is 1.80. The zero-order valence-electron chi connectivity index (χ0n) is 6.11. The van der Waals surface area contributed by atoms with E-state index in [1.807, 2.05) is 0 Å². The highest BCUT2D eigenvalue weighted by Crippen LogP contribution is 2.39. The van der Waals surface area contributed by atoms with Crippen molar-refractivity contribution in [2.45, 2.75) is 38.2 Å². The Hall–Kier alpha value is -0.180. The summed E-state index contributed by atoms with van der Waals surface area (Å²) in [5, 5.41) is 0. The van der Waals surface area contributed by atoms with Crippen molar-refractivity contribution in [3.63, 3.8) is 0 Å². The first-order valence-corrected chi connectivity index (χ1v) is 3.65. The fourth-order valence-electron chi connectivity index (χ4n) is 1.43. The van der Waals surface area contributed by atoms with Gasteiger partial charge in [-0.25, -0.2) is 8.78 Å². The molecule has 2 atom stereocenters. The van der Waals surface area contributed by atoms with Crippen LogP contribution in [0.2, 0.25) is 0 Å². The maximum atomic E-state index is 12.5. The second kappa shape index (κ2) is 2.46. The zero-order chi connectivity index (χ0) is 7.78. The van der Waals surface area contributed by atoms with Crippen LogP contribution in [-0.2, 0) is 0 Å². The molecule has 0 radical (unpaired) electrons. The molecule has 0 saturated heterocycles. The normalized spacial score (nSPS) is 34.2. The summed E-state index contributed by atoms with van der Waals surface area (Å²) in [6.07, 6.45) is 0.606. The van der Waals surface area contributed by atoms with Gasteiger partial charge in [0.25, 0.3) is 0 Å². The predicted molar refractivity (Wildman–Crippen MR) is 35.9 cm³/mol. The van der Waals surface area contributed by atoms with Crippen LogP contribution in [0.1, 0.15) is 26.2 Å². The Morgan fingerprint density at radius 1 is 1.60 bits per heavy atom. The van der Waals surface area contributed by atoms with Gasteiger partial charge in [-0.2, -0.15) is 0 Å². The van der Waals surface area contributed by atoms with Crippen molar-refractivity contribution in [2.75, 3.05) is 0 Å². The summed E-state index contributed by atoms with van der Waals surface area (Å²) in [7, 11) is 0. The van der Waals surface area contributed by atoms with Gasteiger partial charge in [0, 0.05) is 18.9 Å². The van der Waals surface area contributed by atoms with E-state index in [0.29, 0.717) is 6.42 Å². The van der Waals surface area contributed by atoms with E-state index in [1.54, 1.807) is 6.92 Å². The van der Waals surface area contributed by atoms with Crippen molar-refractivity contribution in [3.8, 4) is 0 Å². The maximum absolute atomic E-state index is 12.5. The van der Waals surface area contributed by atoms with Crippen LogP contribution in [0.3, 0.4) is 0 Å². The third-order valence-corrected chi connectivity index (χ3v) is 2.19. The highest BCUT2D eigenvalue weighted by Gasteiger charge is 2.40. The predicted octanol–water partition coefficient (Wildman–Crippen LogP) is 1.77. The van der Waals surface area contributed by atoms with E-state index < -0.39 is 5.92 Å². The molecule has 1 aliphatic rings. The molecule has 0 spiro atoms. The van der Waals surface area contributed by atoms with Crippen LogP contribution in [0.15, 0.2) is 0 Å². The number of alkyl halides is 2. The van der Waals surface area contributed by atoms with Gasteiger partial charge < -0.3 is 5.73 Å². The van der Waals surface area contributed by atoms with Crippen molar-refractivity contribution < 1.29 is 8.78 Å². The van der Waals surface area contributed by atoms with E-state index in [-0.39, 0.29) is 24.8 Å². The first kappa shape index (κ1) is 7.92. The fourth-order valence-corrected chi connectivity index (χ4v) is 1.43. The second-order valence-corrected chi connectivity index (χ2v) is 3.22. The van der Waals surface area contributed by atoms with E-state index in [0.717, 1.165) is 0 Å². The molecule has 1 unspecified atom stereocenters. The maximum Gasteiger partial charge on any atom is 0.248 e. The van der Waals surface area contributed by atoms with Gasteiger partial charge in [-0.05, 0) is 19.3 Å². The van der Waals surface area contributed by atoms with Crippen molar-refractivity contribution in [2.24, 2.45) is 11.7 Å². The number of hydrogen-bond acceptors (Lipinski definition) is 1. The first-order valence-electron chi connectivity index (χ1n) is 3.65. The van der Waals surface area contributed by atoms with Crippen LogP contribution < -0.4 is 5.73 Å². The summed E-state index contributed by atoms with van der Waals surface area (Å²) < 4.78 is 25.0. The van der Waals surface area contributed by atoms with Crippen LogP contribution in [0.25, 0.3) is 0 Å². The quantitative estimate of drug-likeness (QED) is 0.604. The smallest absolute Gasteiger partial charge is 0.248 e. The monoisotopic (exact) mass is 149 g/mol. The molecule has 1 aliphatic carbocycles. The molecule has 1 saturated carbocycles. The standard InChI is InChI=1S/C7H13F2N/c1-5(10)6-2-3-7(8,9)4-6/h5-6H,2-4,10H2,1H3/t5-,6?/m1/s1. The highest BCUT2D eigenvalue weighted by molar-refractivity contribution is 4.85. The Morgan fingerprint density at radius 3 is 2.40 bits per heavy atom. The van der Waals surface area contributed by atoms with Gasteiger partial charge in [0.1, 0.15) is 0 Å². The molecule has 0 aromatic carbocycles. The van der Waals surface area contributed by atoms with Crippen molar-refractivity contribution >= 4 is 0 Å². The third kappa shape index (κ3) is 1.66. The van der Waals surface area contributed by atoms with Crippen LogP contribution in [-0.4, -0.2) is 12.0 Å². The van der Waals surface area contributed by atoms with E-state index in [4.69, 9.17) is 5.73 Å². The van der Waals surface area contributed by atoms with Crippen molar-refractivity contribution in [1.82, 2.24) is 0 Å². The zero-order valence-corrected chi connectivity index (χ0v) is 6.11. The average molecular weight is 149 g/mol. The number of nitrogens with two attached hydrogens (primary N) is 1. The summed E-state index contributed by atoms with van der Waals surface area (Å²) in [5.74, 6) is -2.40. The Balaban J connectivity index is 2.43. The topological polar surface area (TPSA) is 26.0 Å². The molecule has 10 heavy (non-hydrogen) atoms. The minimum absolute atomic E-state index is 0.00926. The first-order chi connectivity index (χ1) is 4.51. The minimum atomic E-state index is -2.43. The lowest BCUT2D eigenvalue weighted by molar-refractivity contribution is 0.00418. The number of rotatable bonds is 1. The highest BCUT2D eigenvalue weighted by atomic mass is 19.3. The Labute approximate surface area is 59.6 Å². The molecular weight excluding hydrogens is 136 g/mol. The summed E-state index contributed by atoms with van der Waals surface area (Å²) in [6, 6.07) is -0.0756. The molecule has 2 N–H and O–H groups in total. The Bertz CT molecular complexity index is 123. The molecule has 3 heteroatoms. The minimum Gasteiger partial charge on any atom is -0.328 e. The molecule has 1 fully saturated rings. The van der Waals surface area contributed by atoms with Gasteiger partial charge >= 0.3 is 0 Å². The van der Waals surface area contributed by atoms with Gasteiger partial charge in [-0.3, -0.25) is 0 Å². The molecular formula is C7H13F2N. The Morgan fingerprint density at radius 2 is 2.20 bits per heavy atom. The largest absolute Gasteiger partial charge is 0.328 e. The van der Waals surface area contributed by atoms with E-state index in [9.17, 15) is 8.78 Å². The average Bonchev–Trinajstić information content (AvgIpc) is 2.10. The second-order valence-electron chi connectivity index (χ2n) is 3.22. The summed E-state index contributed by atoms with van der Waals surface area (Å²) in [5.41, 5.74) is 5.49. The Kier molecular flexibility index (Phi) is 1.95. The SMILES string of the molecule is C[C@@H](N)C1CCC(F)(F)C1. The van der Waals surface area contributed by atoms with Gasteiger partial charge in [-0.15, -0.1) is 0 Å². The molecule has 0 aromatic heterocycles. The van der Waals surface area contributed by atoms with Crippen molar-refractivity contribution in [3.05, 3.63) is 0 Å². The van der Waals surface area contributed by atoms with E-state index in [1.165, 1.54) is 0 Å². The molecule has 0 amide bonds. The molecule has 1 rings (SSSR count). The van der Waals surface area contributed by atoms with E-state index in [2.05, 4.69) is 0 Å². The van der Waals surface area contributed by atoms with Crippen LogP contribution in [0.4, 0.5) is 8.78 Å². The molecule has 0 bridgehead atoms. The van der Waals surface area contributed by atoms with Crippen molar-refractivity contribution in [1.29, 1.82) is 0 Å². The lowest BCUT2D eigenvalue weighted by Crippen LogP contribution is -2.25.